The number of allylic oxidation sites excluding steroid dienone is 2. The SMILES string of the molecule is CC1=C2C[C@](C)(C(C)(C)O)CCC2(C)CCC1. The van der Waals surface area contributed by atoms with Gasteiger partial charge in [0.15, 0.2) is 0 Å². The van der Waals surface area contributed by atoms with Crippen LogP contribution in [0.1, 0.15) is 73.1 Å². The van der Waals surface area contributed by atoms with E-state index in [9.17, 15) is 5.11 Å². The minimum atomic E-state index is -0.570. The van der Waals surface area contributed by atoms with E-state index in [2.05, 4.69) is 20.8 Å². The minimum Gasteiger partial charge on any atom is -0.390 e. The van der Waals surface area contributed by atoms with Crippen molar-refractivity contribution in [3.63, 3.8) is 0 Å². The van der Waals surface area contributed by atoms with E-state index in [1.54, 1.807) is 11.1 Å². The fourth-order valence-electron chi connectivity index (χ4n) is 3.75. The van der Waals surface area contributed by atoms with Gasteiger partial charge in [-0.3, -0.25) is 0 Å². The molecule has 1 fully saturated rings. The lowest BCUT2D eigenvalue weighted by molar-refractivity contribution is -0.0691. The van der Waals surface area contributed by atoms with Crippen LogP contribution in [0.3, 0.4) is 0 Å². The highest BCUT2D eigenvalue weighted by Crippen LogP contribution is 2.57. The van der Waals surface area contributed by atoms with Crippen LogP contribution in [-0.4, -0.2) is 10.7 Å². The Labute approximate surface area is 106 Å². The Balaban J connectivity index is 2.35. The molecule has 0 aromatic heterocycles. The van der Waals surface area contributed by atoms with Crippen molar-refractivity contribution < 1.29 is 5.11 Å². The molecule has 0 amide bonds. The summed E-state index contributed by atoms with van der Waals surface area (Å²) in [5.74, 6) is 0. The molecule has 1 saturated carbocycles. The molecule has 1 heteroatoms. The van der Waals surface area contributed by atoms with Gasteiger partial charge >= 0.3 is 0 Å². The summed E-state index contributed by atoms with van der Waals surface area (Å²) in [5, 5.41) is 10.4. The summed E-state index contributed by atoms with van der Waals surface area (Å²) in [6, 6.07) is 0. The van der Waals surface area contributed by atoms with Crippen LogP contribution in [0.25, 0.3) is 0 Å². The molecule has 2 rings (SSSR count). The van der Waals surface area contributed by atoms with Crippen LogP contribution >= 0.6 is 0 Å². The highest BCUT2D eigenvalue weighted by molar-refractivity contribution is 5.28. The van der Waals surface area contributed by atoms with Gasteiger partial charge in [0.2, 0.25) is 0 Å². The van der Waals surface area contributed by atoms with Crippen LogP contribution in [0.5, 0.6) is 0 Å². The van der Waals surface area contributed by atoms with Crippen LogP contribution in [0, 0.1) is 10.8 Å². The smallest absolute Gasteiger partial charge is 0.0648 e. The Morgan fingerprint density at radius 1 is 1.12 bits per heavy atom. The molecule has 0 heterocycles. The number of hydrogen-bond acceptors (Lipinski definition) is 1. The first-order chi connectivity index (χ1) is 7.68. The van der Waals surface area contributed by atoms with Gasteiger partial charge in [-0.1, -0.05) is 25.0 Å². The molecular formula is C16H28O. The van der Waals surface area contributed by atoms with Crippen molar-refractivity contribution in [3.8, 4) is 0 Å². The molecule has 0 aromatic rings. The minimum absolute atomic E-state index is 0.0560. The van der Waals surface area contributed by atoms with E-state index in [-0.39, 0.29) is 5.41 Å². The van der Waals surface area contributed by atoms with Crippen LogP contribution in [0.4, 0.5) is 0 Å². The quantitative estimate of drug-likeness (QED) is 0.667. The highest BCUT2D eigenvalue weighted by atomic mass is 16.3. The molecule has 2 atom stereocenters. The lowest BCUT2D eigenvalue weighted by atomic mass is 9.54. The molecule has 1 unspecified atom stereocenters. The monoisotopic (exact) mass is 236 g/mol. The van der Waals surface area contributed by atoms with E-state index < -0.39 is 5.60 Å². The van der Waals surface area contributed by atoms with E-state index in [1.807, 2.05) is 13.8 Å². The zero-order valence-electron chi connectivity index (χ0n) is 12.2. The second kappa shape index (κ2) is 3.85. The van der Waals surface area contributed by atoms with Crippen molar-refractivity contribution in [2.24, 2.45) is 10.8 Å². The molecule has 0 radical (unpaired) electrons. The molecule has 0 aliphatic heterocycles. The normalized spacial score (nSPS) is 39.2. The fourth-order valence-corrected chi connectivity index (χ4v) is 3.75. The van der Waals surface area contributed by atoms with Gasteiger partial charge in [0, 0.05) is 0 Å². The van der Waals surface area contributed by atoms with Crippen molar-refractivity contribution in [1.29, 1.82) is 0 Å². The predicted molar refractivity (Wildman–Crippen MR) is 72.9 cm³/mol. The zero-order valence-corrected chi connectivity index (χ0v) is 12.2. The maximum atomic E-state index is 10.4. The van der Waals surface area contributed by atoms with E-state index in [4.69, 9.17) is 0 Å². The third-order valence-corrected chi connectivity index (χ3v) is 5.80. The Morgan fingerprint density at radius 2 is 1.76 bits per heavy atom. The molecular weight excluding hydrogens is 208 g/mol. The number of aliphatic hydroxyl groups is 1. The standard InChI is InChI=1S/C16H28O/c1-12-7-6-8-15(4)9-10-16(5,11-13(12)15)14(2,3)17/h17H,6-11H2,1-5H3/t15?,16-/m1/s1. The van der Waals surface area contributed by atoms with Crippen LogP contribution in [0.2, 0.25) is 0 Å². The Morgan fingerprint density at radius 3 is 2.35 bits per heavy atom. The van der Waals surface area contributed by atoms with E-state index >= 15 is 0 Å². The summed E-state index contributed by atoms with van der Waals surface area (Å²) in [7, 11) is 0. The van der Waals surface area contributed by atoms with Crippen LogP contribution < -0.4 is 0 Å². The average molecular weight is 236 g/mol. The second-order valence-electron chi connectivity index (χ2n) is 7.47. The van der Waals surface area contributed by atoms with Gasteiger partial charge in [0.1, 0.15) is 0 Å². The van der Waals surface area contributed by atoms with Gasteiger partial charge < -0.3 is 5.11 Å². The van der Waals surface area contributed by atoms with Crippen LogP contribution in [-0.2, 0) is 0 Å². The van der Waals surface area contributed by atoms with Crippen LogP contribution in [0.15, 0.2) is 11.1 Å². The summed E-state index contributed by atoms with van der Waals surface area (Å²) in [5.41, 5.74) is 3.20. The first-order valence-electron chi connectivity index (χ1n) is 7.09. The van der Waals surface area contributed by atoms with Gasteiger partial charge in [0.05, 0.1) is 5.60 Å². The lowest BCUT2D eigenvalue weighted by Gasteiger charge is -2.52. The molecule has 17 heavy (non-hydrogen) atoms. The number of fused-ring (bicyclic) bond motifs is 1. The number of hydrogen-bond donors (Lipinski definition) is 1. The lowest BCUT2D eigenvalue weighted by Crippen LogP contribution is -2.47. The molecule has 1 nitrogen and oxygen atoms in total. The Bertz CT molecular complexity index is 347. The Hall–Kier alpha value is -0.300. The van der Waals surface area contributed by atoms with Crippen molar-refractivity contribution in [2.75, 3.05) is 0 Å². The first kappa shape index (κ1) is 13.1. The van der Waals surface area contributed by atoms with Crippen molar-refractivity contribution >= 4 is 0 Å². The molecule has 0 aromatic carbocycles. The average Bonchev–Trinajstić information content (AvgIpc) is 2.19. The third kappa shape index (κ3) is 2.07. The third-order valence-electron chi connectivity index (χ3n) is 5.80. The largest absolute Gasteiger partial charge is 0.390 e. The molecule has 0 bridgehead atoms. The molecule has 98 valence electrons. The van der Waals surface area contributed by atoms with Crippen molar-refractivity contribution in [3.05, 3.63) is 11.1 Å². The zero-order chi connectivity index (χ0) is 12.9. The maximum Gasteiger partial charge on any atom is 0.0648 e. The fraction of sp³-hybridized carbons (Fsp3) is 0.875. The van der Waals surface area contributed by atoms with Crippen molar-refractivity contribution in [2.45, 2.75) is 78.7 Å². The molecule has 1 N–H and O–H groups in total. The summed E-state index contributed by atoms with van der Waals surface area (Å²) in [4.78, 5) is 0. The second-order valence-corrected chi connectivity index (χ2v) is 7.47. The van der Waals surface area contributed by atoms with Gasteiger partial charge in [-0.15, -0.1) is 0 Å². The molecule has 0 saturated heterocycles. The van der Waals surface area contributed by atoms with E-state index in [0.29, 0.717) is 5.41 Å². The molecule has 0 spiro atoms. The van der Waals surface area contributed by atoms with Gasteiger partial charge in [0.25, 0.3) is 0 Å². The van der Waals surface area contributed by atoms with E-state index in [0.717, 1.165) is 12.8 Å². The summed E-state index contributed by atoms with van der Waals surface area (Å²) < 4.78 is 0. The predicted octanol–water partition coefficient (Wildman–Crippen LogP) is 4.45. The number of rotatable bonds is 1. The molecule has 2 aliphatic carbocycles. The van der Waals surface area contributed by atoms with E-state index in [1.165, 1.54) is 25.7 Å². The summed E-state index contributed by atoms with van der Waals surface area (Å²) in [6.07, 6.45) is 7.47. The molecule has 2 aliphatic rings. The summed E-state index contributed by atoms with van der Waals surface area (Å²) in [6.45, 7) is 11.0. The highest BCUT2D eigenvalue weighted by Gasteiger charge is 2.48. The van der Waals surface area contributed by atoms with Gasteiger partial charge in [-0.2, -0.15) is 0 Å². The first-order valence-corrected chi connectivity index (χ1v) is 7.09. The van der Waals surface area contributed by atoms with Gasteiger partial charge in [-0.05, 0) is 70.1 Å². The van der Waals surface area contributed by atoms with Gasteiger partial charge in [-0.25, -0.2) is 0 Å². The maximum absolute atomic E-state index is 10.4. The topological polar surface area (TPSA) is 20.2 Å². The Kier molecular flexibility index (Phi) is 2.97. The van der Waals surface area contributed by atoms with Crippen molar-refractivity contribution in [1.82, 2.24) is 0 Å². The summed E-state index contributed by atoms with van der Waals surface area (Å²) >= 11 is 0.